The predicted octanol–water partition coefficient (Wildman–Crippen LogP) is 2.65. The normalized spacial score (nSPS) is 12.2. The van der Waals surface area contributed by atoms with Crippen molar-refractivity contribution in [1.82, 2.24) is 9.78 Å². The SMILES string of the molecule is Cc1ccc(-n2nc(C)c(NC(=O)C[NH2+][C@H](C)c3ccco3)c2C)cc1. The number of carbonyl (C=O) groups is 1. The topological polar surface area (TPSA) is 76.7 Å². The Morgan fingerprint density at radius 2 is 1.96 bits per heavy atom. The zero-order chi connectivity index (χ0) is 18.7. The zero-order valence-corrected chi connectivity index (χ0v) is 15.6. The van der Waals surface area contributed by atoms with Crippen molar-refractivity contribution in [3.8, 4) is 5.69 Å². The molecule has 0 radical (unpaired) electrons. The van der Waals surface area contributed by atoms with E-state index in [1.54, 1.807) is 6.26 Å². The lowest BCUT2D eigenvalue weighted by Gasteiger charge is -2.09. The van der Waals surface area contributed by atoms with Crippen LogP contribution in [0.2, 0.25) is 0 Å². The fourth-order valence-corrected chi connectivity index (χ4v) is 2.90. The first kappa shape index (κ1) is 17.9. The van der Waals surface area contributed by atoms with Gasteiger partial charge in [-0.3, -0.25) is 4.79 Å². The number of hydrogen-bond donors (Lipinski definition) is 2. The van der Waals surface area contributed by atoms with Gasteiger partial charge >= 0.3 is 0 Å². The molecule has 6 nitrogen and oxygen atoms in total. The fraction of sp³-hybridized carbons (Fsp3) is 0.300. The summed E-state index contributed by atoms with van der Waals surface area (Å²) in [4.78, 5) is 12.4. The molecule has 0 unspecified atom stereocenters. The third-order valence-corrected chi connectivity index (χ3v) is 4.48. The second-order valence-electron chi connectivity index (χ2n) is 6.59. The van der Waals surface area contributed by atoms with Crippen LogP contribution in [0.3, 0.4) is 0 Å². The van der Waals surface area contributed by atoms with Gasteiger partial charge in [-0.2, -0.15) is 5.10 Å². The molecule has 0 aliphatic heterocycles. The third-order valence-electron chi connectivity index (χ3n) is 4.48. The number of nitrogens with zero attached hydrogens (tertiary/aromatic N) is 2. The van der Waals surface area contributed by atoms with Gasteiger partial charge in [-0.1, -0.05) is 17.7 Å². The number of amides is 1. The van der Waals surface area contributed by atoms with Gasteiger partial charge in [-0.05, 0) is 52.0 Å². The second kappa shape index (κ2) is 7.58. The van der Waals surface area contributed by atoms with Gasteiger partial charge in [0, 0.05) is 0 Å². The number of aryl methyl sites for hydroxylation is 2. The molecule has 0 saturated heterocycles. The first-order valence-corrected chi connectivity index (χ1v) is 8.75. The molecule has 0 bridgehead atoms. The Balaban J connectivity index is 1.68. The van der Waals surface area contributed by atoms with Crippen LogP contribution in [0.1, 0.15) is 35.7 Å². The van der Waals surface area contributed by atoms with Gasteiger partial charge in [0.1, 0.15) is 6.04 Å². The van der Waals surface area contributed by atoms with E-state index in [9.17, 15) is 4.79 Å². The van der Waals surface area contributed by atoms with E-state index in [0.717, 1.165) is 28.5 Å². The van der Waals surface area contributed by atoms with E-state index in [0.29, 0.717) is 6.54 Å². The van der Waals surface area contributed by atoms with Crippen molar-refractivity contribution >= 4 is 11.6 Å². The smallest absolute Gasteiger partial charge is 0.279 e. The Labute approximate surface area is 153 Å². The molecule has 1 aromatic carbocycles. The summed E-state index contributed by atoms with van der Waals surface area (Å²) in [7, 11) is 0. The van der Waals surface area contributed by atoms with Gasteiger partial charge in [0.25, 0.3) is 5.91 Å². The summed E-state index contributed by atoms with van der Waals surface area (Å²) >= 11 is 0. The average molecular weight is 353 g/mol. The number of nitrogens with two attached hydrogens (primary N) is 1. The van der Waals surface area contributed by atoms with E-state index in [1.807, 2.05) is 55.0 Å². The molecule has 0 spiro atoms. The molecule has 0 aliphatic carbocycles. The Kier molecular flexibility index (Phi) is 5.23. The van der Waals surface area contributed by atoms with Crippen molar-refractivity contribution in [2.45, 2.75) is 33.7 Å². The number of furan rings is 1. The molecule has 3 N–H and O–H groups in total. The maximum atomic E-state index is 12.4. The van der Waals surface area contributed by atoms with Gasteiger partial charge in [-0.25, -0.2) is 4.68 Å². The molecule has 0 aliphatic rings. The van der Waals surface area contributed by atoms with E-state index in [4.69, 9.17) is 4.42 Å². The molecule has 136 valence electrons. The first-order chi connectivity index (χ1) is 12.5. The highest BCUT2D eigenvalue weighted by Gasteiger charge is 2.18. The van der Waals surface area contributed by atoms with Crippen LogP contribution >= 0.6 is 0 Å². The number of hydrogen-bond acceptors (Lipinski definition) is 3. The van der Waals surface area contributed by atoms with E-state index < -0.39 is 0 Å². The number of nitrogens with one attached hydrogen (secondary N) is 1. The lowest BCUT2D eigenvalue weighted by molar-refractivity contribution is -0.684. The number of benzene rings is 1. The standard InChI is InChI=1S/C20H24N4O2/c1-13-7-9-17(10-8-13)24-16(4)20(15(3)23-24)22-19(25)12-21-14(2)18-6-5-11-26-18/h5-11,14,21H,12H2,1-4H3,(H,22,25)/p+1/t14-/m1/s1. The summed E-state index contributed by atoms with van der Waals surface area (Å²) in [5, 5.41) is 9.52. The third kappa shape index (κ3) is 3.86. The van der Waals surface area contributed by atoms with E-state index in [1.165, 1.54) is 5.56 Å². The minimum absolute atomic E-state index is 0.0573. The van der Waals surface area contributed by atoms with Crippen LogP contribution < -0.4 is 10.6 Å². The minimum atomic E-state index is -0.0573. The molecule has 0 fully saturated rings. The molecule has 26 heavy (non-hydrogen) atoms. The van der Waals surface area contributed by atoms with Crippen molar-refractivity contribution in [3.63, 3.8) is 0 Å². The highest BCUT2D eigenvalue weighted by molar-refractivity contribution is 5.92. The van der Waals surface area contributed by atoms with Gasteiger partial charge in [-0.15, -0.1) is 0 Å². The van der Waals surface area contributed by atoms with Crippen LogP contribution in [0.4, 0.5) is 5.69 Å². The lowest BCUT2D eigenvalue weighted by Crippen LogP contribution is -2.86. The molecule has 2 aromatic heterocycles. The van der Waals surface area contributed by atoms with E-state index in [-0.39, 0.29) is 11.9 Å². The Morgan fingerprint density at radius 1 is 1.23 bits per heavy atom. The van der Waals surface area contributed by atoms with Crippen LogP contribution in [0.25, 0.3) is 5.69 Å². The summed E-state index contributed by atoms with van der Waals surface area (Å²) < 4.78 is 7.23. The zero-order valence-electron chi connectivity index (χ0n) is 15.6. The summed E-state index contributed by atoms with van der Waals surface area (Å²) in [6.07, 6.45) is 1.64. The van der Waals surface area contributed by atoms with Crippen molar-refractivity contribution in [3.05, 3.63) is 65.4 Å². The molecule has 0 saturated carbocycles. The van der Waals surface area contributed by atoms with Gasteiger partial charge in [0.15, 0.2) is 12.3 Å². The highest BCUT2D eigenvalue weighted by Crippen LogP contribution is 2.22. The van der Waals surface area contributed by atoms with Gasteiger partial charge in [0.05, 0.1) is 29.0 Å². The van der Waals surface area contributed by atoms with Crippen LogP contribution in [-0.4, -0.2) is 22.2 Å². The van der Waals surface area contributed by atoms with Gasteiger partial charge < -0.3 is 15.1 Å². The minimum Gasteiger partial charge on any atom is -0.463 e. The number of aromatic nitrogens is 2. The van der Waals surface area contributed by atoms with Crippen LogP contribution in [0, 0.1) is 20.8 Å². The molecule has 3 aromatic rings. The van der Waals surface area contributed by atoms with Crippen molar-refractivity contribution in [1.29, 1.82) is 0 Å². The molecule has 1 amide bonds. The molecular formula is C20H25N4O2+. The second-order valence-corrected chi connectivity index (χ2v) is 6.59. The average Bonchev–Trinajstić information content (AvgIpc) is 3.25. The maximum Gasteiger partial charge on any atom is 0.279 e. The molecular weight excluding hydrogens is 328 g/mol. The molecule has 3 rings (SSSR count). The Morgan fingerprint density at radius 3 is 2.62 bits per heavy atom. The summed E-state index contributed by atoms with van der Waals surface area (Å²) in [5.41, 5.74) is 4.67. The molecule has 2 heterocycles. The Bertz CT molecular complexity index is 879. The van der Waals surface area contributed by atoms with Crippen molar-refractivity contribution < 1.29 is 14.5 Å². The van der Waals surface area contributed by atoms with Crippen LogP contribution in [-0.2, 0) is 4.79 Å². The quantitative estimate of drug-likeness (QED) is 0.715. The highest BCUT2D eigenvalue weighted by atomic mass is 16.3. The van der Waals surface area contributed by atoms with Crippen molar-refractivity contribution in [2.75, 3.05) is 11.9 Å². The van der Waals surface area contributed by atoms with Gasteiger partial charge in [0.2, 0.25) is 0 Å². The number of anilines is 1. The fourth-order valence-electron chi connectivity index (χ4n) is 2.90. The monoisotopic (exact) mass is 353 g/mol. The largest absolute Gasteiger partial charge is 0.463 e. The first-order valence-electron chi connectivity index (χ1n) is 8.75. The number of carbonyl (C=O) groups excluding carboxylic acids is 1. The van der Waals surface area contributed by atoms with E-state index >= 15 is 0 Å². The lowest BCUT2D eigenvalue weighted by atomic mass is 10.2. The van der Waals surface area contributed by atoms with Crippen molar-refractivity contribution in [2.24, 2.45) is 0 Å². The predicted molar refractivity (Wildman–Crippen MR) is 100 cm³/mol. The Hall–Kier alpha value is -2.86. The van der Waals surface area contributed by atoms with Crippen LogP contribution in [0.5, 0.6) is 0 Å². The summed E-state index contributed by atoms with van der Waals surface area (Å²) in [5.74, 6) is 0.801. The maximum absolute atomic E-state index is 12.4. The van der Waals surface area contributed by atoms with E-state index in [2.05, 4.69) is 29.5 Å². The molecule has 1 atom stereocenters. The summed E-state index contributed by atoms with van der Waals surface area (Å²) in [6.45, 7) is 8.25. The number of rotatable bonds is 6. The van der Waals surface area contributed by atoms with Crippen LogP contribution in [0.15, 0.2) is 47.1 Å². The number of quaternary nitrogens is 1. The summed E-state index contributed by atoms with van der Waals surface area (Å²) in [6, 6.07) is 12.0. The molecule has 6 heteroatoms.